The zero-order valence-corrected chi connectivity index (χ0v) is 11.3. The second-order valence-electron chi connectivity index (χ2n) is 4.63. The Morgan fingerprint density at radius 1 is 0.833 bits per heavy atom. The summed E-state index contributed by atoms with van der Waals surface area (Å²) in [4.78, 5) is 21.4. The Morgan fingerprint density at radius 3 is 1.22 bits per heavy atom. The molecule has 8 nitrogen and oxygen atoms in total. The van der Waals surface area contributed by atoms with Crippen LogP contribution in [-0.2, 0) is 19.1 Å². The number of esters is 2. The summed E-state index contributed by atoms with van der Waals surface area (Å²) in [7, 11) is 0. The second kappa shape index (κ2) is 5.19. The third-order valence-electron chi connectivity index (χ3n) is 1.87. The number of carbonyl (C=O) groups is 2. The number of carbonyl (C=O) groups excluding carboxylic acids is 2. The normalized spacial score (nSPS) is 13.7. The first kappa shape index (κ1) is 16.1. The smallest absolute Gasteiger partial charge is 0.374 e. The zero-order valence-electron chi connectivity index (χ0n) is 11.3. The predicted octanol–water partition coefficient (Wildman–Crippen LogP) is 1.06. The first-order valence-electron chi connectivity index (χ1n) is 5.24. The van der Waals surface area contributed by atoms with Crippen LogP contribution in [0.5, 0.6) is 0 Å². The van der Waals surface area contributed by atoms with E-state index in [9.17, 15) is 20.0 Å². The van der Waals surface area contributed by atoms with Crippen LogP contribution in [0.15, 0.2) is 0 Å². The predicted molar refractivity (Wildman–Crippen MR) is 58.9 cm³/mol. The summed E-state index contributed by atoms with van der Waals surface area (Å²) < 4.78 is 9.43. The molecule has 0 rings (SSSR count). The summed E-state index contributed by atoms with van der Waals surface area (Å²) in [6.45, 7) is 7.21. The molecule has 0 aromatic heterocycles. The van der Waals surface area contributed by atoms with E-state index in [-0.39, 0.29) is 9.72 Å². The van der Waals surface area contributed by atoms with Crippen LogP contribution in [0, 0.1) is 10.4 Å². The van der Waals surface area contributed by atoms with Crippen molar-refractivity contribution in [1.29, 1.82) is 0 Å². The molecular weight excluding hydrogens is 244 g/mol. The van der Waals surface area contributed by atoms with Crippen LogP contribution in [0.2, 0.25) is 0 Å². The van der Waals surface area contributed by atoms with E-state index in [1.54, 1.807) is 0 Å². The molecular formula is C10H18N2O6. The molecule has 0 atom stereocenters. The van der Waals surface area contributed by atoms with E-state index >= 15 is 0 Å². The van der Waals surface area contributed by atoms with Gasteiger partial charge in [0, 0.05) is 41.5 Å². The lowest BCUT2D eigenvalue weighted by Crippen LogP contribution is -2.48. The van der Waals surface area contributed by atoms with Gasteiger partial charge in [0.05, 0.1) is 9.72 Å². The molecule has 0 amide bonds. The summed E-state index contributed by atoms with van der Waals surface area (Å²) in [5, 5.41) is 23.6. The minimum Gasteiger partial charge on any atom is -0.563 e. The van der Waals surface area contributed by atoms with E-state index in [0.717, 1.165) is 13.8 Å². The first-order valence-corrected chi connectivity index (χ1v) is 5.24. The first-order chi connectivity index (χ1) is 7.90. The van der Waals surface area contributed by atoms with Crippen molar-refractivity contribution in [3.63, 3.8) is 0 Å². The number of azo groups is 1. The highest BCUT2D eigenvalue weighted by molar-refractivity contribution is 5.66. The van der Waals surface area contributed by atoms with Gasteiger partial charge >= 0.3 is 23.4 Å². The third kappa shape index (κ3) is 4.19. The molecule has 0 saturated carbocycles. The SMILES string of the molecule is CC(=O)OC(C)(C)/[N+]([O-])=[N+](/[O-])C(C)(C)OC(C)=O. The van der Waals surface area contributed by atoms with E-state index in [1.165, 1.54) is 27.7 Å². The average molecular weight is 262 g/mol. The largest absolute Gasteiger partial charge is 0.563 e. The monoisotopic (exact) mass is 262 g/mol. The van der Waals surface area contributed by atoms with Crippen molar-refractivity contribution in [2.75, 3.05) is 0 Å². The molecule has 0 fully saturated rings. The lowest BCUT2D eigenvalue weighted by Gasteiger charge is -2.24. The maximum absolute atomic E-state index is 11.8. The lowest BCUT2D eigenvalue weighted by molar-refractivity contribution is -1.04. The summed E-state index contributed by atoms with van der Waals surface area (Å²) in [5.41, 5.74) is -3.41. The molecule has 0 radical (unpaired) electrons. The van der Waals surface area contributed by atoms with Gasteiger partial charge in [0.15, 0.2) is 0 Å². The number of ether oxygens (including phenoxy) is 2. The second-order valence-corrected chi connectivity index (χ2v) is 4.63. The lowest BCUT2D eigenvalue weighted by atomic mass is 10.3. The highest BCUT2D eigenvalue weighted by Gasteiger charge is 2.44. The number of rotatable bonds is 4. The molecule has 8 heteroatoms. The van der Waals surface area contributed by atoms with E-state index in [1.807, 2.05) is 0 Å². The Morgan fingerprint density at radius 2 is 1.06 bits per heavy atom. The van der Waals surface area contributed by atoms with Crippen molar-refractivity contribution in [3.05, 3.63) is 10.4 Å². The average Bonchev–Trinajstić information content (AvgIpc) is 2.11. The van der Waals surface area contributed by atoms with Crippen LogP contribution in [-0.4, -0.2) is 33.1 Å². The molecule has 0 spiro atoms. The molecule has 0 heterocycles. The van der Waals surface area contributed by atoms with Gasteiger partial charge in [-0.1, -0.05) is 0 Å². The molecule has 0 saturated heterocycles. The van der Waals surface area contributed by atoms with Crippen LogP contribution in [0.3, 0.4) is 0 Å². The van der Waals surface area contributed by atoms with Gasteiger partial charge in [-0.25, -0.2) is 0 Å². The van der Waals surface area contributed by atoms with Crippen molar-refractivity contribution >= 4 is 11.9 Å². The summed E-state index contributed by atoms with van der Waals surface area (Å²) in [5.74, 6) is -1.42. The number of hydroxylamine groups is 2. The van der Waals surface area contributed by atoms with Crippen LogP contribution in [0.1, 0.15) is 41.5 Å². The van der Waals surface area contributed by atoms with Gasteiger partial charge in [0.2, 0.25) is 0 Å². The highest BCUT2D eigenvalue weighted by Crippen LogP contribution is 2.17. The van der Waals surface area contributed by atoms with Crippen LogP contribution in [0.25, 0.3) is 0 Å². The number of hydrogen-bond donors (Lipinski definition) is 0. The summed E-state index contributed by atoms with van der Waals surface area (Å²) in [6.07, 6.45) is 0. The maximum Gasteiger partial charge on any atom is 0.374 e. The van der Waals surface area contributed by atoms with Gasteiger partial charge < -0.3 is 19.9 Å². The molecule has 0 N–H and O–H groups in total. The molecule has 104 valence electrons. The van der Waals surface area contributed by atoms with Gasteiger partial charge in [0.25, 0.3) is 0 Å². The highest BCUT2D eigenvalue weighted by atomic mass is 16.7. The van der Waals surface area contributed by atoms with Crippen molar-refractivity contribution in [2.45, 2.75) is 53.0 Å². The molecule has 18 heavy (non-hydrogen) atoms. The Bertz CT molecular complexity index is 350. The Kier molecular flexibility index (Phi) is 4.66. The minimum absolute atomic E-state index is 0.0999. The number of nitrogens with zero attached hydrogens (tertiary/aromatic N) is 2. The van der Waals surface area contributed by atoms with Gasteiger partial charge in [-0.15, -0.1) is 0 Å². The van der Waals surface area contributed by atoms with Crippen LogP contribution in [0.4, 0.5) is 0 Å². The third-order valence-corrected chi connectivity index (χ3v) is 1.87. The fourth-order valence-electron chi connectivity index (χ4n) is 1.22. The van der Waals surface area contributed by atoms with E-state index in [2.05, 4.69) is 0 Å². The molecule has 0 aliphatic heterocycles. The minimum atomic E-state index is -1.70. The molecule has 0 bridgehead atoms. The maximum atomic E-state index is 11.8. The van der Waals surface area contributed by atoms with Gasteiger partial charge in [0.1, 0.15) is 0 Å². The van der Waals surface area contributed by atoms with E-state index in [0.29, 0.717) is 0 Å². The Hall–Kier alpha value is -1.86. The van der Waals surface area contributed by atoms with Gasteiger partial charge in [-0.05, 0) is 0 Å². The summed E-state index contributed by atoms with van der Waals surface area (Å²) in [6, 6.07) is 0. The molecule has 0 unspecified atom stereocenters. The fraction of sp³-hybridized carbons (Fsp3) is 0.800. The van der Waals surface area contributed by atoms with Crippen molar-refractivity contribution in [1.82, 2.24) is 0 Å². The van der Waals surface area contributed by atoms with Gasteiger partial charge in [-0.2, -0.15) is 0 Å². The van der Waals surface area contributed by atoms with Gasteiger partial charge in [-0.3, -0.25) is 9.59 Å². The quantitative estimate of drug-likeness (QED) is 0.246. The molecule has 0 aliphatic rings. The van der Waals surface area contributed by atoms with Crippen molar-refractivity contribution < 1.29 is 28.8 Å². The molecule has 0 aromatic carbocycles. The van der Waals surface area contributed by atoms with E-state index in [4.69, 9.17) is 9.47 Å². The molecule has 0 aliphatic carbocycles. The fourth-order valence-corrected chi connectivity index (χ4v) is 1.22. The zero-order chi connectivity index (χ0) is 14.7. The molecule has 0 aromatic rings. The Labute approximate surface area is 105 Å². The van der Waals surface area contributed by atoms with Crippen LogP contribution < -0.4 is 0 Å². The standard InChI is InChI=1S/C10H18N2O6/c1-7(13)17-9(3,4)11(15)12(16)10(5,6)18-8(2)14/h1-6H3/b12-11-. The number of hydrogen-bond acceptors (Lipinski definition) is 6. The van der Waals surface area contributed by atoms with Crippen LogP contribution >= 0.6 is 0 Å². The Balaban J connectivity index is 5.33. The summed E-state index contributed by atoms with van der Waals surface area (Å²) >= 11 is 0. The van der Waals surface area contributed by atoms with Crippen molar-refractivity contribution in [2.24, 2.45) is 0 Å². The van der Waals surface area contributed by atoms with Crippen molar-refractivity contribution in [3.8, 4) is 0 Å². The van der Waals surface area contributed by atoms with E-state index < -0.39 is 23.4 Å². The topological polar surface area (TPSA) is 105 Å².